The summed E-state index contributed by atoms with van der Waals surface area (Å²) in [6.45, 7) is 3.29. The highest BCUT2D eigenvalue weighted by Gasteiger charge is 2.00. The summed E-state index contributed by atoms with van der Waals surface area (Å²) in [6, 6.07) is 8.39. The molecule has 0 saturated carbocycles. The Hall–Kier alpha value is -1.31. The number of fused-ring (bicyclic) bond motifs is 1. The van der Waals surface area contributed by atoms with E-state index in [1.165, 1.54) is 36.6 Å². The van der Waals surface area contributed by atoms with E-state index in [4.69, 9.17) is 0 Å². The summed E-state index contributed by atoms with van der Waals surface area (Å²) < 4.78 is 2.12. The Morgan fingerprint density at radius 1 is 1.13 bits per heavy atom. The highest BCUT2D eigenvalue weighted by Crippen LogP contribution is 2.13. The predicted molar refractivity (Wildman–Crippen MR) is 63.9 cm³/mol. The molecule has 80 valence electrons. The van der Waals surface area contributed by atoms with Crippen LogP contribution in [0.3, 0.4) is 0 Å². The van der Waals surface area contributed by atoms with Gasteiger partial charge in [0.1, 0.15) is 0 Å². The van der Waals surface area contributed by atoms with E-state index in [1.54, 1.807) is 0 Å². The normalized spacial score (nSPS) is 11.0. The molecule has 0 atom stereocenters. The van der Waals surface area contributed by atoms with Gasteiger partial charge in [0.2, 0.25) is 0 Å². The summed E-state index contributed by atoms with van der Waals surface area (Å²) in [5, 5.41) is 5.65. The zero-order valence-corrected chi connectivity index (χ0v) is 9.32. The van der Waals surface area contributed by atoms with Crippen molar-refractivity contribution < 1.29 is 0 Å². The summed E-state index contributed by atoms with van der Waals surface area (Å²) in [7, 11) is 0. The van der Waals surface area contributed by atoms with E-state index in [2.05, 4.69) is 41.0 Å². The first-order valence-electron chi connectivity index (χ1n) is 5.82. The van der Waals surface area contributed by atoms with Gasteiger partial charge < -0.3 is 0 Å². The quantitative estimate of drug-likeness (QED) is 0.677. The van der Waals surface area contributed by atoms with Crippen molar-refractivity contribution in [2.75, 3.05) is 0 Å². The van der Waals surface area contributed by atoms with Crippen LogP contribution in [0.25, 0.3) is 10.9 Å². The van der Waals surface area contributed by atoms with Crippen LogP contribution in [0.5, 0.6) is 0 Å². The molecule has 0 spiro atoms. The maximum atomic E-state index is 4.41. The van der Waals surface area contributed by atoms with Gasteiger partial charge >= 0.3 is 0 Å². The lowest BCUT2D eigenvalue weighted by atomic mass is 10.2. The lowest BCUT2D eigenvalue weighted by molar-refractivity contribution is 0.553. The van der Waals surface area contributed by atoms with Crippen LogP contribution in [0.4, 0.5) is 0 Å². The third-order valence-electron chi connectivity index (χ3n) is 2.77. The van der Waals surface area contributed by atoms with Crippen molar-refractivity contribution in [3.63, 3.8) is 0 Å². The summed E-state index contributed by atoms with van der Waals surface area (Å²) in [6.07, 6.45) is 7.12. The van der Waals surface area contributed by atoms with Crippen LogP contribution < -0.4 is 0 Å². The smallest absolute Gasteiger partial charge is 0.0682 e. The Morgan fingerprint density at radius 3 is 2.87 bits per heavy atom. The number of hydrogen-bond donors (Lipinski definition) is 0. The predicted octanol–water partition coefficient (Wildman–Crippen LogP) is 3.62. The van der Waals surface area contributed by atoms with Crippen molar-refractivity contribution >= 4 is 10.9 Å². The minimum Gasteiger partial charge on any atom is -0.265 e. The number of rotatable bonds is 5. The molecule has 0 saturated heterocycles. The molecule has 2 rings (SSSR count). The molecule has 1 aromatic heterocycles. The van der Waals surface area contributed by atoms with Crippen molar-refractivity contribution in [1.29, 1.82) is 0 Å². The third kappa shape index (κ3) is 2.38. The van der Waals surface area contributed by atoms with E-state index >= 15 is 0 Å². The van der Waals surface area contributed by atoms with Crippen molar-refractivity contribution in [3.8, 4) is 0 Å². The maximum absolute atomic E-state index is 4.41. The fourth-order valence-electron chi connectivity index (χ4n) is 1.89. The van der Waals surface area contributed by atoms with Crippen LogP contribution in [0.15, 0.2) is 30.5 Å². The molecule has 0 bridgehead atoms. The van der Waals surface area contributed by atoms with Crippen molar-refractivity contribution in [1.82, 2.24) is 9.78 Å². The fraction of sp³-hybridized carbons (Fsp3) is 0.462. The molecule has 2 nitrogen and oxygen atoms in total. The summed E-state index contributed by atoms with van der Waals surface area (Å²) in [4.78, 5) is 0. The number of hydrogen-bond acceptors (Lipinski definition) is 1. The molecule has 0 N–H and O–H groups in total. The monoisotopic (exact) mass is 202 g/mol. The number of unbranched alkanes of at least 4 members (excludes halogenated alkanes) is 3. The average Bonchev–Trinajstić information content (AvgIpc) is 2.68. The van der Waals surface area contributed by atoms with Gasteiger partial charge in [-0.05, 0) is 12.5 Å². The van der Waals surface area contributed by atoms with Gasteiger partial charge in [0.05, 0.1) is 11.7 Å². The van der Waals surface area contributed by atoms with Gasteiger partial charge in [0.25, 0.3) is 0 Å². The Labute approximate surface area is 90.9 Å². The SMILES string of the molecule is CCCCCCn1ncc2ccccc21. The Bertz CT molecular complexity index is 417. The molecular formula is C13H18N2. The van der Waals surface area contributed by atoms with Gasteiger partial charge in [0.15, 0.2) is 0 Å². The standard InChI is InChI=1S/C13H18N2/c1-2-3-4-7-10-15-13-9-6-5-8-12(13)11-14-15/h5-6,8-9,11H,2-4,7,10H2,1H3. The first-order chi connectivity index (χ1) is 7.42. The summed E-state index contributed by atoms with van der Waals surface area (Å²) in [5.74, 6) is 0. The Kier molecular flexibility index (Phi) is 3.38. The average molecular weight is 202 g/mol. The number of para-hydroxylation sites is 1. The molecule has 0 amide bonds. The van der Waals surface area contributed by atoms with E-state index in [1.807, 2.05) is 6.20 Å². The van der Waals surface area contributed by atoms with Crippen LogP contribution in [0.1, 0.15) is 32.6 Å². The van der Waals surface area contributed by atoms with Gasteiger partial charge in [-0.15, -0.1) is 0 Å². The van der Waals surface area contributed by atoms with Crippen molar-refractivity contribution in [3.05, 3.63) is 30.5 Å². The first-order valence-corrected chi connectivity index (χ1v) is 5.82. The van der Waals surface area contributed by atoms with Gasteiger partial charge in [-0.25, -0.2) is 0 Å². The van der Waals surface area contributed by atoms with E-state index in [0.29, 0.717) is 0 Å². The highest BCUT2D eigenvalue weighted by atomic mass is 15.3. The van der Waals surface area contributed by atoms with E-state index in [0.717, 1.165) is 6.54 Å². The van der Waals surface area contributed by atoms with Gasteiger partial charge in [-0.1, -0.05) is 44.4 Å². The fourth-order valence-corrected chi connectivity index (χ4v) is 1.89. The molecule has 0 unspecified atom stereocenters. The van der Waals surface area contributed by atoms with E-state index in [9.17, 15) is 0 Å². The van der Waals surface area contributed by atoms with Crippen LogP contribution in [0, 0.1) is 0 Å². The highest BCUT2D eigenvalue weighted by molar-refractivity contribution is 5.78. The van der Waals surface area contributed by atoms with Crippen LogP contribution in [-0.4, -0.2) is 9.78 Å². The second kappa shape index (κ2) is 4.96. The number of aryl methyl sites for hydroxylation is 1. The summed E-state index contributed by atoms with van der Waals surface area (Å²) in [5.41, 5.74) is 1.26. The molecule has 0 fully saturated rings. The topological polar surface area (TPSA) is 17.8 Å². The van der Waals surface area contributed by atoms with Crippen LogP contribution >= 0.6 is 0 Å². The lowest BCUT2D eigenvalue weighted by Crippen LogP contribution is -1.99. The Morgan fingerprint density at radius 2 is 2.00 bits per heavy atom. The molecule has 0 aliphatic carbocycles. The first kappa shape index (κ1) is 10.2. The summed E-state index contributed by atoms with van der Waals surface area (Å²) >= 11 is 0. The minimum atomic E-state index is 1.05. The van der Waals surface area contributed by atoms with Crippen molar-refractivity contribution in [2.24, 2.45) is 0 Å². The van der Waals surface area contributed by atoms with Crippen molar-refractivity contribution in [2.45, 2.75) is 39.2 Å². The molecule has 0 radical (unpaired) electrons. The van der Waals surface area contributed by atoms with Gasteiger partial charge in [0, 0.05) is 11.9 Å². The second-order valence-corrected chi connectivity index (χ2v) is 3.99. The van der Waals surface area contributed by atoms with E-state index < -0.39 is 0 Å². The van der Waals surface area contributed by atoms with Crippen LogP contribution in [-0.2, 0) is 6.54 Å². The molecule has 2 heteroatoms. The molecule has 0 aliphatic rings. The second-order valence-electron chi connectivity index (χ2n) is 3.99. The number of benzene rings is 1. The van der Waals surface area contributed by atoms with Gasteiger partial charge in [-0.3, -0.25) is 4.68 Å². The Balaban J connectivity index is 2.02. The zero-order valence-electron chi connectivity index (χ0n) is 9.32. The maximum Gasteiger partial charge on any atom is 0.0682 e. The third-order valence-corrected chi connectivity index (χ3v) is 2.77. The molecule has 1 aromatic carbocycles. The zero-order chi connectivity index (χ0) is 10.5. The van der Waals surface area contributed by atoms with E-state index in [-0.39, 0.29) is 0 Å². The largest absolute Gasteiger partial charge is 0.265 e. The number of nitrogens with zero attached hydrogens (tertiary/aromatic N) is 2. The molecule has 15 heavy (non-hydrogen) atoms. The molecular weight excluding hydrogens is 184 g/mol. The lowest BCUT2D eigenvalue weighted by Gasteiger charge is -2.02. The molecule has 0 aliphatic heterocycles. The number of aromatic nitrogens is 2. The minimum absolute atomic E-state index is 1.05. The molecule has 2 aromatic rings. The molecule has 1 heterocycles. The van der Waals surface area contributed by atoms with Gasteiger partial charge in [-0.2, -0.15) is 5.10 Å². The van der Waals surface area contributed by atoms with Crippen LogP contribution in [0.2, 0.25) is 0 Å².